The standard InChI is InChI=1S/C15H13N3O2S/c16-11-6-8-21-13(11)15-17-14(18-20-15)10-5-7-19-12-4-2-1-3-9(10)12/h1-4,6,8,10H,5,7,16H2. The van der Waals surface area contributed by atoms with Crippen LogP contribution in [0, 0.1) is 0 Å². The summed E-state index contributed by atoms with van der Waals surface area (Å²) in [5, 5.41) is 6.06. The number of para-hydroxylation sites is 1. The molecule has 2 N–H and O–H groups in total. The van der Waals surface area contributed by atoms with Gasteiger partial charge in [-0.25, -0.2) is 0 Å². The highest BCUT2D eigenvalue weighted by atomic mass is 32.1. The van der Waals surface area contributed by atoms with Gasteiger partial charge < -0.3 is 15.0 Å². The molecule has 1 atom stereocenters. The molecule has 0 fully saturated rings. The SMILES string of the molecule is Nc1ccsc1-c1nc(C2CCOc3ccccc32)no1. The van der Waals surface area contributed by atoms with E-state index < -0.39 is 0 Å². The number of hydrogen-bond donors (Lipinski definition) is 1. The average Bonchev–Trinajstić information content (AvgIpc) is 3.15. The van der Waals surface area contributed by atoms with Gasteiger partial charge in [-0.15, -0.1) is 11.3 Å². The van der Waals surface area contributed by atoms with E-state index in [2.05, 4.69) is 16.2 Å². The molecule has 106 valence electrons. The van der Waals surface area contributed by atoms with Crippen molar-refractivity contribution in [3.63, 3.8) is 0 Å². The number of rotatable bonds is 2. The van der Waals surface area contributed by atoms with Crippen LogP contribution in [0.4, 0.5) is 5.69 Å². The Bertz CT molecular complexity index is 781. The van der Waals surface area contributed by atoms with E-state index in [0.717, 1.165) is 22.6 Å². The molecule has 0 amide bonds. The third-order valence-corrected chi connectivity index (χ3v) is 4.52. The summed E-state index contributed by atoms with van der Waals surface area (Å²) < 4.78 is 11.1. The molecule has 3 heterocycles. The lowest BCUT2D eigenvalue weighted by Gasteiger charge is -2.23. The van der Waals surface area contributed by atoms with Crippen LogP contribution in [0.25, 0.3) is 10.8 Å². The second-order valence-electron chi connectivity index (χ2n) is 4.89. The fraction of sp³-hybridized carbons (Fsp3) is 0.200. The number of anilines is 1. The summed E-state index contributed by atoms with van der Waals surface area (Å²) in [6.45, 7) is 0.659. The van der Waals surface area contributed by atoms with Gasteiger partial charge in [0, 0.05) is 5.56 Å². The summed E-state index contributed by atoms with van der Waals surface area (Å²) >= 11 is 1.50. The van der Waals surface area contributed by atoms with Crippen molar-refractivity contribution < 1.29 is 9.26 Å². The maximum Gasteiger partial charge on any atom is 0.270 e. The van der Waals surface area contributed by atoms with Crippen LogP contribution in [-0.4, -0.2) is 16.7 Å². The Hall–Kier alpha value is -2.34. The molecule has 4 rings (SSSR count). The van der Waals surface area contributed by atoms with Crippen molar-refractivity contribution in [2.75, 3.05) is 12.3 Å². The highest BCUT2D eigenvalue weighted by Crippen LogP contribution is 2.38. The topological polar surface area (TPSA) is 74.2 Å². The second-order valence-corrected chi connectivity index (χ2v) is 5.81. The Kier molecular flexibility index (Phi) is 2.89. The first-order valence-corrected chi connectivity index (χ1v) is 7.59. The molecule has 1 aliphatic rings. The molecule has 1 aliphatic heterocycles. The first-order valence-electron chi connectivity index (χ1n) is 6.71. The maximum absolute atomic E-state index is 5.90. The fourth-order valence-electron chi connectivity index (χ4n) is 2.57. The Labute approximate surface area is 125 Å². The van der Waals surface area contributed by atoms with Crippen molar-refractivity contribution in [3.05, 3.63) is 47.1 Å². The lowest BCUT2D eigenvalue weighted by Crippen LogP contribution is -2.16. The van der Waals surface area contributed by atoms with Crippen LogP contribution in [-0.2, 0) is 0 Å². The monoisotopic (exact) mass is 299 g/mol. The van der Waals surface area contributed by atoms with Crippen LogP contribution < -0.4 is 10.5 Å². The summed E-state index contributed by atoms with van der Waals surface area (Å²) in [6, 6.07) is 9.83. The molecule has 0 spiro atoms. The van der Waals surface area contributed by atoms with Gasteiger partial charge in [-0.05, 0) is 23.9 Å². The van der Waals surface area contributed by atoms with E-state index in [-0.39, 0.29) is 5.92 Å². The molecule has 2 aromatic heterocycles. The fourth-order valence-corrected chi connectivity index (χ4v) is 3.31. The lowest BCUT2D eigenvalue weighted by molar-refractivity contribution is 0.272. The molecule has 1 unspecified atom stereocenters. The molecule has 3 aromatic rings. The van der Waals surface area contributed by atoms with Gasteiger partial charge in [0.25, 0.3) is 5.89 Å². The van der Waals surface area contributed by atoms with Crippen LogP contribution in [0.1, 0.15) is 23.7 Å². The number of nitrogens with two attached hydrogens (primary N) is 1. The Morgan fingerprint density at radius 3 is 3.00 bits per heavy atom. The molecule has 0 saturated heterocycles. The van der Waals surface area contributed by atoms with E-state index in [1.165, 1.54) is 11.3 Å². The molecular weight excluding hydrogens is 286 g/mol. The first kappa shape index (κ1) is 12.4. The van der Waals surface area contributed by atoms with Crippen LogP contribution >= 0.6 is 11.3 Å². The van der Waals surface area contributed by atoms with E-state index >= 15 is 0 Å². The normalized spacial score (nSPS) is 17.2. The van der Waals surface area contributed by atoms with E-state index in [9.17, 15) is 0 Å². The van der Waals surface area contributed by atoms with Gasteiger partial charge >= 0.3 is 0 Å². The number of hydrogen-bond acceptors (Lipinski definition) is 6. The van der Waals surface area contributed by atoms with Gasteiger partial charge in [0.2, 0.25) is 0 Å². The molecule has 21 heavy (non-hydrogen) atoms. The van der Waals surface area contributed by atoms with Gasteiger partial charge in [0.15, 0.2) is 5.82 Å². The summed E-state index contributed by atoms with van der Waals surface area (Å²) in [5.74, 6) is 2.18. The molecule has 0 bridgehead atoms. The smallest absolute Gasteiger partial charge is 0.270 e. The summed E-state index contributed by atoms with van der Waals surface area (Å²) in [4.78, 5) is 5.36. The zero-order chi connectivity index (χ0) is 14.2. The molecule has 5 nitrogen and oxygen atoms in total. The minimum absolute atomic E-state index is 0.105. The third kappa shape index (κ3) is 2.08. The molecule has 0 aliphatic carbocycles. The average molecular weight is 299 g/mol. The molecule has 1 aromatic carbocycles. The van der Waals surface area contributed by atoms with Crippen LogP contribution in [0.3, 0.4) is 0 Å². The zero-order valence-electron chi connectivity index (χ0n) is 11.2. The van der Waals surface area contributed by atoms with Crippen LogP contribution in [0.2, 0.25) is 0 Å². The van der Waals surface area contributed by atoms with E-state index in [1.54, 1.807) is 0 Å². The molecule has 0 saturated carbocycles. The highest BCUT2D eigenvalue weighted by molar-refractivity contribution is 7.14. The Balaban J connectivity index is 1.73. The van der Waals surface area contributed by atoms with Crippen molar-refractivity contribution in [1.29, 1.82) is 0 Å². The number of thiophene rings is 1. The quantitative estimate of drug-likeness (QED) is 0.786. The molecular formula is C15H13N3O2S. The summed E-state index contributed by atoms with van der Waals surface area (Å²) in [5.41, 5.74) is 7.68. The van der Waals surface area contributed by atoms with Gasteiger partial charge in [-0.2, -0.15) is 4.98 Å². The van der Waals surface area contributed by atoms with Crippen molar-refractivity contribution in [1.82, 2.24) is 10.1 Å². The van der Waals surface area contributed by atoms with Gasteiger partial charge in [0.1, 0.15) is 10.6 Å². The number of nitrogen functional groups attached to an aromatic ring is 1. The van der Waals surface area contributed by atoms with Crippen molar-refractivity contribution >= 4 is 17.0 Å². The molecule has 0 radical (unpaired) electrons. The van der Waals surface area contributed by atoms with E-state index in [1.807, 2.05) is 29.6 Å². The predicted molar refractivity (Wildman–Crippen MR) is 80.4 cm³/mol. The minimum Gasteiger partial charge on any atom is -0.493 e. The van der Waals surface area contributed by atoms with E-state index in [4.69, 9.17) is 15.0 Å². The third-order valence-electron chi connectivity index (χ3n) is 3.60. The summed E-state index contributed by atoms with van der Waals surface area (Å²) in [6.07, 6.45) is 0.843. The predicted octanol–water partition coefficient (Wildman–Crippen LogP) is 3.29. The second kappa shape index (κ2) is 4.89. The van der Waals surface area contributed by atoms with Crippen molar-refractivity contribution in [3.8, 4) is 16.5 Å². The highest BCUT2D eigenvalue weighted by Gasteiger charge is 2.27. The van der Waals surface area contributed by atoms with Crippen molar-refractivity contribution in [2.45, 2.75) is 12.3 Å². The van der Waals surface area contributed by atoms with Crippen LogP contribution in [0.15, 0.2) is 40.2 Å². The summed E-state index contributed by atoms with van der Waals surface area (Å²) in [7, 11) is 0. The van der Waals surface area contributed by atoms with E-state index in [0.29, 0.717) is 24.0 Å². The number of benzene rings is 1. The number of nitrogens with zero attached hydrogens (tertiary/aromatic N) is 2. The zero-order valence-corrected chi connectivity index (χ0v) is 12.0. The first-order chi connectivity index (χ1) is 10.3. The lowest BCUT2D eigenvalue weighted by atomic mass is 9.92. The van der Waals surface area contributed by atoms with Gasteiger partial charge in [-0.1, -0.05) is 23.4 Å². The van der Waals surface area contributed by atoms with Crippen LogP contribution in [0.5, 0.6) is 5.75 Å². The number of fused-ring (bicyclic) bond motifs is 1. The van der Waals surface area contributed by atoms with Gasteiger partial charge in [0.05, 0.1) is 18.2 Å². The molecule has 6 heteroatoms. The van der Waals surface area contributed by atoms with Gasteiger partial charge in [-0.3, -0.25) is 0 Å². The minimum atomic E-state index is 0.105. The Morgan fingerprint density at radius 2 is 2.14 bits per heavy atom. The number of ether oxygens (including phenoxy) is 1. The Morgan fingerprint density at radius 1 is 1.24 bits per heavy atom. The maximum atomic E-state index is 5.90. The van der Waals surface area contributed by atoms with Crippen molar-refractivity contribution in [2.24, 2.45) is 0 Å². The number of aromatic nitrogens is 2. The largest absolute Gasteiger partial charge is 0.493 e.